The zero-order chi connectivity index (χ0) is 19.7. The Bertz CT molecular complexity index is 800. The van der Waals surface area contributed by atoms with Crippen molar-refractivity contribution in [1.82, 2.24) is 0 Å². The van der Waals surface area contributed by atoms with Crippen molar-refractivity contribution in [2.24, 2.45) is 0 Å². The SMILES string of the molecule is c1ccc2c(c1)CCCO2.c1ccc2c(c1)OCCO2.c1ccc2c(c1)OCO2. The van der Waals surface area contributed by atoms with Crippen molar-refractivity contribution in [2.75, 3.05) is 26.6 Å². The summed E-state index contributed by atoms with van der Waals surface area (Å²) in [5, 5.41) is 0. The van der Waals surface area contributed by atoms with Gasteiger partial charge < -0.3 is 23.7 Å². The van der Waals surface area contributed by atoms with E-state index in [4.69, 9.17) is 23.7 Å². The van der Waals surface area contributed by atoms with Gasteiger partial charge in [-0.15, -0.1) is 0 Å². The third-order valence-electron chi connectivity index (χ3n) is 4.55. The number of para-hydroxylation sites is 5. The molecule has 150 valence electrons. The number of benzene rings is 3. The molecule has 6 rings (SSSR count). The van der Waals surface area contributed by atoms with Gasteiger partial charge in [-0.05, 0) is 48.7 Å². The number of fused-ring (bicyclic) bond motifs is 3. The van der Waals surface area contributed by atoms with Crippen LogP contribution < -0.4 is 23.7 Å². The van der Waals surface area contributed by atoms with E-state index >= 15 is 0 Å². The fourth-order valence-corrected chi connectivity index (χ4v) is 3.13. The fraction of sp³-hybridized carbons (Fsp3) is 0.250. The number of aryl methyl sites for hydroxylation is 1. The molecular weight excluding hydrogens is 368 g/mol. The van der Waals surface area contributed by atoms with E-state index in [0.29, 0.717) is 20.0 Å². The van der Waals surface area contributed by atoms with E-state index in [1.165, 1.54) is 12.0 Å². The molecule has 0 fully saturated rings. The molecule has 0 radical (unpaired) electrons. The van der Waals surface area contributed by atoms with E-state index in [2.05, 4.69) is 12.1 Å². The zero-order valence-electron chi connectivity index (χ0n) is 16.2. The molecule has 5 nitrogen and oxygen atoms in total. The van der Waals surface area contributed by atoms with Crippen molar-refractivity contribution in [2.45, 2.75) is 12.8 Å². The largest absolute Gasteiger partial charge is 0.493 e. The molecule has 0 saturated carbocycles. The molecule has 3 aliphatic heterocycles. The molecule has 3 aliphatic rings. The fourth-order valence-electron chi connectivity index (χ4n) is 3.13. The van der Waals surface area contributed by atoms with Gasteiger partial charge in [0.25, 0.3) is 0 Å². The van der Waals surface area contributed by atoms with Crippen molar-refractivity contribution in [3.63, 3.8) is 0 Å². The highest BCUT2D eigenvalue weighted by Crippen LogP contribution is 2.30. The topological polar surface area (TPSA) is 46.2 Å². The Morgan fingerprint density at radius 2 is 0.897 bits per heavy atom. The molecule has 0 aliphatic carbocycles. The minimum absolute atomic E-state index is 0.360. The van der Waals surface area contributed by atoms with Crippen LogP contribution >= 0.6 is 0 Å². The summed E-state index contributed by atoms with van der Waals surface area (Å²) >= 11 is 0. The van der Waals surface area contributed by atoms with E-state index in [1.807, 2.05) is 60.7 Å². The molecule has 3 heterocycles. The van der Waals surface area contributed by atoms with Crippen molar-refractivity contribution in [3.05, 3.63) is 78.4 Å². The molecule has 5 heteroatoms. The first-order valence-electron chi connectivity index (χ1n) is 9.80. The highest BCUT2D eigenvalue weighted by molar-refractivity contribution is 5.41. The van der Waals surface area contributed by atoms with Crippen LogP contribution in [0, 0.1) is 0 Å². The van der Waals surface area contributed by atoms with Crippen LogP contribution in [-0.2, 0) is 6.42 Å². The third-order valence-corrected chi connectivity index (χ3v) is 4.55. The monoisotopic (exact) mass is 392 g/mol. The van der Waals surface area contributed by atoms with Crippen molar-refractivity contribution in [3.8, 4) is 28.7 Å². The lowest BCUT2D eigenvalue weighted by Gasteiger charge is -2.17. The standard InChI is InChI=1S/C9H10O.C8H8O2.C7H6O2/c1-2-6-9-8(4-1)5-3-7-10-9;1-2-4-8-7(3-1)9-5-6-10-8;1-2-4-7-6(3-1)8-5-9-7/h1-2,4,6H,3,5,7H2;1-4H,5-6H2;1-4H,5H2. The van der Waals surface area contributed by atoms with Crippen molar-refractivity contribution < 1.29 is 23.7 Å². The molecule has 0 atom stereocenters. The predicted octanol–water partition coefficient (Wildman–Crippen LogP) is 4.88. The Hall–Kier alpha value is -3.34. The second kappa shape index (κ2) is 9.73. The maximum atomic E-state index is 5.42. The number of hydrogen-bond acceptors (Lipinski definition) is 5. The Balaban J connectivity index is 0.000000106. The summed E-state index contributed by atoms with van der Waals surface area (Å²) in [7, 11) is 0. The van der Waals surface area contributed by atoms with Crippen LogP contribution in [0.3, 0.4) is 0 Å². The molecule has 0 saturated heterocycles. The van der Waals surface area contributed by atoms with E-state index in [1.54, 1.807) is 0 Å². The average molecular weight is 392 g/mol. The molecule has 0 bridgehead atoms. The van der Waals surface area contributed by atoms with Gasteiger partial charge in [-0.3, -0.25) is 0 Å². The molecule has 29 heavy (non-hydrogen) atoms. The first-order chi connectivity index (χ1) is 14.4. The molecule has 3 aromatic carbocycles. The van der Waals surface area contributed by atoms with Crippen LogP contribution in [0.5, 0.6) is 28.7 Å². The predicted molar refractivity (Wildman–Crippen MR) is 110 cm³/mol. The smallest absolute Gasteiger partial charge is 0.231 e. The van der Waals surface area contributed by atoms with Crippen LogP contribution in [0.4, 0.5) is 0 Å². The van der Waals surface area contributed by atoms with Crippen LogP contribution in [0.15, 0.2) is 72.8 Å². The average Bonchev–Trinajstić information content (AvgIpc) is 3.29. The van der Waals surface area contributed by atoms with Crippen molar-refractivity contribution >= 4 is 0 Å². The normalized spacial score (nSPS) is 14.8. The summed E-state index contributed by atoms with van der Waals surface area (Å²) in [6.07, 6.45) is 2.34. The second-order valence-corrected chi connectivity index (χ2v) is 6.56. The maximum absolute atomic E-state index is 5.42. The first kappa shape index (κ1) is 19.0. The van der Waals surface area contributed by atoms with Gasteiger partial charge in [0, 0.05) is 0 Å². The first-order valence-corrected chi connectivity index (χ1v) is 9.80. The summed E-state index contributed by atoms with van der Waals surface area (Å²) in [5.74, 6) is 4.48. The molecule has 0 N–H and O–H groups in total. The van der Waals surface area contributed by atoms with Crippen LogP contribution in [-0.4, -0.2) is 26.6 Å². The second-order valence-electron chi connectivity index (χ2n) is 6.56. The van der Waals surface area contributed by atoms with E-state index in [9.17, 15) is 0 Å². The molecule has 0 amide bonds. The number of rotatable bonds is 0. The molecule has 3 aromatic rings. The summed E-state index contributed by atoms with van der Waals surface area (Å²) in [6.45, 7) is 2.57. The molecule has 0 spiro atoms. The van der Waals surface area contributed by atoms with Gasteiger partial charge in [-0.1, -0.05) is 42.5 Å². The van der Waals surface area contributed by atoms with Gasteiger partial charge >= 0.3 is 0 Å². The number of ether oxygens (including phenoxy) is 5. The van der Waals surface area contributed by atoms with Gasteiger partial charge in [0.1, 0.15) is 19.0 Å². The summed E-state index contributed by atoms with van der Waals surface area (Å²) in [6, 6.07) is 23.6. The minimum Gasteiger partial charge on any atom is -0.493 e. The lowest BCUT2D eigenvalue weighted by Crippen LogP contribution is -2.14. The molecule has 0 aromatic heterocycles. The van der Waals surface area contributed by atoms with Gasteiger partial charge in [0.15, 0.2) is 23.0 Å². The Morgan fingerprint density at radius 1 is 0.448 bits per heavy atom. The Morgan fingerprint density at radius 3 is 1.45 bits per heavy atom. The zero-order valence-corrected chi connectivity index (χ0v) is 16.2. The summed E-state index contributed by atoms with van der Waals surface area (Å²) in [4.78, 5) is 0. The Labute approximate surface area is 170 Å². The van der Waals surface area contributed by atoms with Crippen molar-refractivity contribution in [1.29, 1.82) is 0 Å². The summed E-state index contributed by atoms with van der Waals surface area (Å²) in [5.41, 5.74) is 1.36. The van der Waals surface area contributed by atoms with Gasteiger partial charge in [-0.25, -0.2) is 0 Å². The van der Waals surface area contributed by atoms with E-state index < -0.39 is 0 Å². The maximum Gasteiger partial charge on any atom is 0.231 e. The lowest BCUT2D eigenvalue weighted by atomic mass is 10.1. The molecule has 0 unspecified atom stereocenters. The number of hydrogen-bond donors (Lipinski definition) is 0. The van der Waals surface area contributed by atoms with Gasteiger partial charge in [0.2, 0.25) is 6.79 Å². The van der Waals surface area contributed by atoms with Crippen LogP contribution in [0.2, 0.25) is 0 Å². The highest BCUT2D eigenvalue weighted by Gasteiger charge is 2.10. The highest BCUT2D eigenvalue weighted by atomic mass is 16.7. The van der Waals surface area contributed by atoms with Crippen LogP contribution in [0.1, 0.15) is 12.0 Å². The third kappa shape index (κ3) is 5.13. The van der Waals surface area contributed by atoms with Crippen LogP contribution in [0.25, 0.3) is 0 Å². The Kier molecular flexibility index (Phi) is 6.38. The summed E-state index contributed by atoms with van der Waals surface area (Å²) < 4.78 is 26.2. The van der Waals surface area contributed by atoms with Gasteiger partial charge in [-0.2, -0.15) is 0 Å². The lowest BCUT2D eigenvalue weighted by molar-refractivity contribution is 0.171. The van der Waals surface area contributed by atoms with E-state index in [-0.39, 0.29) is 0 Å². The minimum atomic E-state index is 0.360. The van der Waals surface area contributed by atoms with E-state index in [0.717, 1.165) is 41.8 Å². The molecular formula is C24H24O5. The quantitative estimate of drug-likeness (QED) is 0.545. The van der Waals surface area contributed by atoms with Gasteiger partial charge in [0.05, 0.1) is 6.61 Å².